The summed E-state index contributed by atoms with van der Waals surface area (Å²) in [7, 11) is 1.98. The summed E-state index contributed by atoms with van der Waals surface area (Å²) in [5.41, 5.74) is 1.13. The second kappa shape index (κ2) is 9.43. The molecule has 1 N–H and O–H groups in total. The van der Waals surface area contributed by atoms with Gasteiger partial charge in [-0.3, -0.25) is 4.79 Å². The lowest BCUT2D eigenvalue weighted by Gasteiger charge is -2.30. The lowest BCUT2D eigenvalue weighted by atomic mass is 10.0. The maximum absolute atomic E-state index is 13.8. The molecule has 1 atom stereocenters. The van der Waals surface area contributed by atoms with E-state index in [2.05, 4.69) is 15.2 Å². The van der Waals surface area contributed by atoms with Crippen molar-refractivity contribution in [3.05, 3.63) is 59.9 Å². The molecular weight excluding hydrogens is 433 g/mol. The van der Waals surface area contributed by atoms with Gasteiger partial charge in [-0.25, -0.2) is 4.98 Å². The van der Waals surface area contributed by atoms with Crippen LogP contribution in [0.1, 0.15) is 36.9 Å². The number of ether oxygens (including phenoxy) is 1. The maximum atomic E-state index is 13.8. The van der Waals surface area contributed by atoms with Crippen LogP contribution in [0.25, 0.3) is 11.0 Å². The number of para-hydroxylation sites is 2. The standard InChI is InChI=1S/C24H27F3N4O2/c1-16(29-23(32)14-31-15-28-20-5-3-4-6-21(20)31)17-7-8-22(19(13-17)24(25,26)27)33-18-9-11-30(2)12-10-18/h3-8,13,15-16,18H,9-12,14H2,1-2H3,(H,29,32). The number of carbonyl (C=O) groups is 1. The average molecular weight is 461 g/mol. The number of piperidine rings is 1. The molecule has 1 amide bonds. The number of fused-ring (bicyclic) bond motifs is 1. The van der Waals surface area contributed by atoms with Crippen molar-refractivity contribution in [2.45, 2.75) is 44.6 Å². The van der Waals surface area contributed by atoms with Crippen molar-refractivity contribution >= 4 is 16.9 Å². The fourth-order valence-electron chi connectivity index (χ4n) is 4.09. The number of imidazole rings is 1. The molecule has 1 saturated heterocycles. The number of halogens is 3. The average Bonchev–Trinajstić information content (AvgIpc) is 3.17. The van der Waals surface area contributed by atoms with Gasteiger partial charge in [0.25, 0.3) is 0 Å². The van der Waals surface area contributed by atoms with E-state index in [4.69, 9.17) is 4.74 Å². The highest BCUT2D eigenvalue weighted by atomic mass is 19.4. The molecule has 0 spiro atoms. The third-order valence-corrected chi connectivity index (χ3v) is 5.99. The van der Waals surface area contributed by atoms with Crippen molar-refractivity contribution in [2.24, 2.45) is 0 Å². The van der Waals surface area contributed by atoms with Crippen molar-refractivity contribution in [2.75, 3.05) is 20.1 Å². The monoisotopic (exact) mass is 460 g/mol. The van der Waals surface area contributed by atoms with E-state index in [0.717, 1.165) is 30.2 Å². The fourth-order valence-corrected chi connectivity index (χ4v) is 4.09. The van der Waals surface area contributed by atoms with Gasteiger partial charge in [0.2, 0.25) is 5.91 Å². The first-order chi connectivity index (χ1) is 15.7. The van der Waals surface area contributed by atoms with Gasteiger partial charge in [-0.15, -0.1) is 0 Å². The number of hydrogen-bond acceptors (Lipinski definition) is 4. The molecule has 0 aliphatic carbocycles. The molecule has 1 aromatic heterocycles. The Kier molecular flexibility index (Phi) is 6.60. The van der Waals surface area contributed by atoms with Crippen LogP contribution in [0.4, 0.5) is 13.2 Å². The smallest absolute Gasteiger partial charge is 0.419 e. The summed E-state index contributed by atoms with van der Waals surface area (Å²) >= 11 is 0. The first-order valence-corrected chi connectivity index (χ1v) is 11.0. The van der Waals surface area contributed by atoms with Crippen LogP contribution in [0, 0.1) is 0 Å². The van der Waals surface area contributed by atoms with Crippen LogP contribution in [0.3, 0.4) is 0 Å². The first-order valence-electron chi connectivity index (χ1n) is 11.0. The second-order valence-electron chi connectivity index (χ2n) is 8.52. The Hall–Kier alpha value is -3.07. The van der Waals surface area contributed by atoms with Gasteiger partial charge in [-0.1, -0.05) is 18.2 Å². The Morgan fingerprint density at radius 1 is 1.21 bits per heavy atom. The lowest BCUT2D eigenvalue weighted by molar-refractivity contribution is -0.139. The van der Waals surface area contributed by atoms with Crippen LogP contribution in [-0.2, 0) is 17.5 Å². The van der Waals surface area contributed by atoms with Crippen LogP contribution in [0.2, 0.25) is 0 Å². The summed E-state index contributed by atoms with van der Waals surface area (Å²) in [6, 6.07) is 10.8. The summed E-state index contributed by atoms with van der Waals surface area (Å²) in [6.45, 7) is 3.27. The molecule has 9 heteroatoms. The molecule has 6 nitrogen and oxygen atoms in total. The Bertz CT molecular complexity index is 1120. The van der Waals surface area contributed by atoms with E-state index in [1.54, 1.807) is 23.9 Å². The molecule has 0 bridgehead atoms. The maximum Gasteiger partial charge on any atom is 0.419 e. The molecule has 1 fully saturated rings. The van der Waals surface area contributed by atoms with E-state index in [0.29, 0.717) is 18.4 Å². The third-order valence-electron chi connectivity index (χ3n) is 5.99. The molecule has 2 aromatic carbocycles. The van der Waals surface area contributed by atoms with Crippen LogP contribution in [-0.4, -0.2) is 46.6 Å². The SMILES string of the molecule is CC(NC(=O)Cn1cnc2ccccc21)c1ccc(OC2CCN(C)CC2)c(C(F)(F)F)c1. The van der Waals surface area contributed by atoms with E-state index >= 15 is 0 Å². The van der Waals surface area contributed by atoms with E-state index in [1.807, 2.05) is 31.3 Å². The minimum atomic E-state index is -4.56. The fraction of sp³-hybridized carbons (Fsp3) is 0.417. The molecule has 0 radical (unpaired) electrons. The quantitative estimate of drug-likeness (QED) is 0.592. The number of amides is 1. The topological polar surface area (TPSA) is 59.4 Å². The zero-order valence-corrected chi connectivity index (χ0v) is 18.6. The molecule has 1 unspecified atom stereocenters. The van der Waals surface area contributed by atoms with Gasteiger partial charge in [0.05, 0.1) is 29.0 Å². The third kappa shape index (κ3) is 5.47. The lowest BCUT2D eigenvalue weighted by Crippen LogP contribution is -2.36. The zero-order valence-electron chi connectivity index (χ0n) is 18.6. The number of carbonyl (C=O) groups excluding carboxylic acids is 1. The number of hydrogen-bond donors (Lipinski definition) is 1. The number of alkyl halides is 3. The summed E-state index contributed by atoms with van der Waals surface area (Å²) in [6.07, 6.45) is -1.85. The number of likely N-dealkylation sites (tertiary alicyclic amines) is 1. The molecular formula is C24H27F3N4O2. The highest BCUT2D eigenvalue weighted by molar-refractivity contribution is 5.80. The number of nitrogens with zero attached hydrogens (tertiary/aromatic N) is 3. The van der Waals surface area contributed by atoms with E-state index in [9.17, 15) is 18.0 Å². The Labute approximate surface area is 190 Å². The molecule has 4 rings (SSSR count). The number of benzene rings is 2. The minimum Gasteiger partial charge on any atom is -0.490 e. The summed E-state index contributed by atoms with van der Waals surface area (Å²) in [5.74, 6) is -0.477. The largest absolute Gasteiger partial charge is 0.490 e. The highest BCUT2D eigenvalue weighted by Gasteiger charge is 2.36. The molecule has 3 aromatic rings. The first kappa shape index (κ1) is 23.1. The van der Waals surface area contributed by atoms with Gasteiger partial charge < -0.3 is 19.5 Å². The molecule has 0 saturated carbocycles. The van der Waals surface area contributed by atoms with E-state index < -0.39 is 17.8 Å². The normalized spacial score (nSPS) is 16.6. The number of aromatic nitrogens is 2. The predicted molar refractivity (Wildman–Crippen MR) is 119 cm³/mol. The Balaban J connectivity index is 1.46. The molecule has 1 aliphatic heterocycles. The van der Waals surface area contributed by atoms with Crippen molar-refractivity contribution in [3.63, 3.8) is 0 Å². The van der Waals surface area contributed by atoms with Crippen molar-refractivity contribution < 1.29 is 22.7 Å². The molecule has 33 heavy (non-hydrogen) atoms. The summed E-state index contributed by atoms with van der Waals surface area (Å²) in [4.78, 5) is 18.9. The van der Waals surface area contributed by atoms with Gasteiger partial charge >= 0.3 is 6.18 Å². The van der Waals surface area contributed by atoms with Crippen molar-refractivity contribution in [3.8, 4) is 5.75 Å². The Morgan fingerprint density at radius 2 is 1.94 bits per heavy atom. The molecule has 1 aliphatic rings. The molecule has 176 valence electrons. The summed E-state index contributed by atoms with van der Waals surface area (Å²) < 4.78 is 48.8. The van der Waals surface area contributed by atoms with Gasteiger partial charge in [-0.05, 0) is 56.6 Å². The van der Waals surface area contributed by atoms with Crippen LogP contribution in [0.15, 0.2) is 48.8 Å². The zero-order chi connectivity index (χ0) is 23.6. The van der Waals surface area contributed by atoms with Gasteiger partial charge in [0.15, 0.2) is 0 Å². The van der Waals surface area contributed by atoms with Crippen LogP contribution in [0.5, 0.6) is 5.75 Å². The van der Waals surface area contributed by atoms with Crippen LogP contribution >= 0.6 is 0 Å². The van der Waals surface area contributed by atoms with Crippen molar-refractivity contribution in [1.29, 1.82) is 0 Å². The second-order valence-corrected chi connectivity index (χ2v) is 8.52. The highest BCUT2D eigenvalue weighted by Crippen LogP contribution is 2.38. The summed E-state index contributed by atoms with van der Waals surface area (Å²) in [5, 5.41) is 2.78. The van der Waals surface area contributed by atoms with E-state index in [-0.39, 0.29) is 24.3 Å². The van der Waals surface area contributed by atoms with Gasteiger partial charge in [0, 0.05) is 13.1 Å². The van der Waals surface area contributed by atoms with Crippen LogP contribution < -0.4 is 10.1 Å². The number of nitrogens with one attached hydrogen (secondary N) is 1. The Morgan fingerprint density at radius 3 is 2.67 bits per heavy atom. The van der Waals surface area contributed by atoms with E-state index in [1.165, 1.54) is 6.07 Å². The molecule has 2 heterocycles. The van der Waals surface area contributed by atoms with Gasteiger partial charge in [-0.2, -0.15) is 13.2 Å². The number of rotatable bonds is 6. The van der Waals surface area contributed by atoms with Gasteiger partial charge in [0.1, 0.15) is 18.4 Å². The van der Waals surface area contributed by atoms with Crippen molar-refractivity contribution in [1.82, 2.24) is 19.8 Å². The predicted octanol–water partition coefficient (Wildman–Crippen LogP) is 4.41. The minimum absolute atomic E-state index is 0.0221.